The lowest BCUT2D eigenvalue weighted by atomic mass is 10.0. The van der Waals surface area contributed by atoms with Gasteiger partial charge in [-0.25, -0.2) is 4.98 Å². The Balaban J connectivity index is 1.89. The summed E-state index contributed by atoms with van der Waals surface area (Å²) in [5, 5.41) is 1.89. The van der Waals surface area contributed by atoms with Crippen LogP contribution >= 0.6 is 35.0 Å². The van der Waals surface area contributed by atoms with E-state index in [1.54, 1.807) is 12.1 Å². The van der Waals surface area contributed by atoms with Gasteiger partial charge >= 0.3 is 0 Å². The van der Waals surface area contributed by atoms with E-state index < -0.39 is 0 Å². The number of benzene rings is 3. The van der Waals surface area contributed by atoms with E-state index in [0.29, 0.717) is 21.3 Å². The van der Waals surface area contributed by atoms with Crippen LogP contribution in [0.25, 0.3) is 22.2 Å². The van der Waals surface area contributed by atoms with Crippen LogP contribution in [0.1, 0.15) is 27.0 Å². The molecule has 0 radical (unpaired) electrons. The van der Waals surface area contributed by atoms with Gasteiger partial charge in [0.2, 0.25) is 5.12 Å². The lowest BCUT2D eigenvalue weighted by molar-refractivity contribution is 0.109. The summed E-state index contributed by atoms with van der Waals surface area (Å²) in [7, 11) is 0. The number of carbonyl (C=O) groups excluding carboxylic acids is 1. The lowest BCUT2D eigenvalue weighted by Crippen LogP contribution is -2.00. The quantitative estimate of drug-likeness (QED) is 0.295. The fourth-order valence-corrected chi connectivity index (χ4v) is 4.72. The Kier molecular flexibility index (Phi) is 5.88. The van der Waals surface area contributed by atoms with Gasteiger partial charge in [-0.15, -0.1) is 0 Å². The number of aromatic nitrogens is 1. The highest BCUT2D eigenvalue weighted by atomic mass is 35.5. The molecule has 4 rings (SSSR count). The van der Waals surface area contributed by atoms with Crippen LogP contribution in [0.15, 0.2) is 65.6 Å². The normalized spacial score (nSPS) is 11.1. The Labute approximate surface area is 190 Å². The largest absolute Gasteiger partial charge is 0.281 e. The maximum absolute atomic E-state index is 13.3. The second-order valence-electron chi connectivity index (χ2n) is 7.36. The van der Waals surface area contributed by atoms with E-state index in [4.69, 9.17) is 28.2 Å². The van der Waals surface area contributed by atoms with E-state index in [9.17, 15) is 4.79 Å². The Morgan fingerprint density at radius 2 is 1.60 bits per heavy atom. The molecule has 1 aromatic heterocycles. The first-order chi connectivity index (χ1) is 14.3. The minimum atomic E-state index is -0.0254. The van der Waals surface area contributed by atoms with Crippen molar-refractivity contribution in [2.45, 2.75) is 25.7 Å². The Bertz CT molecular complexity index is 1280. The number of pyridine rings is 1. The van der Waals surface area contributed by atoms with Crippen LogP contribution in [0.3, 0.4) is 0 Å². The fraction of sp³-hybridized carbons (Fsp3) is 0.120. The van der Waals surface area contributed by atoms with Crippen LogP contribution in [0, 0.1) is 20.8 Å². The number of fused-ring (bicyclic) bond motifs is 1. The molecule has 0 spiro atoms. The van der Waals surface area contributed by atoms with Crippen LogP contribution in [-0.2, 0) is 0 Å². The molecule has 0 unspecified atom stereocenters. The van der Waals surface area contributed by atoms with E-state index in [1.807, 2.05) is 63.2 Å². The summed E-state index contributed by atoms with van der Waals surface area (Å²) in [6, 6.07) is 19.2. The van der Waals surface area contributed by atoms with Gasteiger partial charge in [0, 0.05) is 26.4 Å². The minimum absolute atomic E-state index is 0.0254. The summed E-state index contributed by atoms with van der Waals surface area (Å²) < 4.78 is 0. The van der Waals surface area contributed by atoms with Crippen molar-refractivity contribution in [2.24, 2.45) is 0 Å². The van der Waals surface area contributed by atoms with E-state index in [2.05, 4.69) is 6.07 Å². The zero-order valence-corrected chi connectivity index (χ0v) is 19.1. The molecule has 4 aromatic rings. The molecule has 0 fully saturated rings. The van der Waals surface area contributed by atoms with Gasteiger partial charge in [-0.3, -0.25) is 4.79 Å². The van der Waals surface area contributed by atoms with E-state index in [-0.39, 0.29) is 5.12 Å². The lowest BCUT2D eigenvalue weighted by Gasteiger charge is -2.13. The number of thioether (sulfide) groups is 1. The molecule has 0 saturated heterocycles. The number of nitrogens with zero attached hydrogens (tertiary/aromatic N) is 1. The summed E-state index contributed by atoms with van der Waals surface area (Å²) in [4.78, 5) is 19.1. The highest BCUT2D eigenvalue weighted by Crippen LogP contribution is 2.35. The van der Waals surface area contributed by atoms with Crippen molar-refractivity contribution in [1.82, 2.24) is 4.98 Å². The van der Waals surface area contributed by atoms with Crippen molar-refractivity contribution >= 4 is 51.0 Å². The minimum Gasteiger partial charge on any atom is -0.281 e. The highest BCUT2D eigenvalue weighted by molar-refractivity contribution is 8.14. The molecule has 0 bridgehead atoms. The molecule has 3 aromatic carbocycles. The monoisotopic (exact) mass is 451 g/mol. The first kappa shape index (κ1) is 20.9. The molecule has 5 heteroatoms. The number of hydrogen-bond acceptors (Lipinski definition) is 3. The molecule has 0 aliphatic heterocycles. The SMILES string of the molecule is Cc1ccc(SC(=O)c2cc(-c3ccc(Cl)cc3Cl)nc3c(C)cc(C)cc23)cc1. The van der Waals surface area contributed by atoms with Crippen LogP contribution in [0.4, 0.5) is 0 Å². The highest BCUT2D eigenvalue weighted by Gasteiger charge is 2.18. The average molecular weight is 452 g/mol. The molecule has 30 heavy (non-hydrogen) atoms. The third-order valence-corrected chi connectivity index (χ3v) is 6.37. The van der Waals surface area contributed by atoms with Crippen molar-refractivity contribution in [3.05, 3.63) is 93.0 Å². The molecule has 0 saturated carbocycles. The van der Waals surface area contributed by atoms with Crippen LogP contribution in [-0.4, -0.2) is 10.1 Å². The smallest absolute Gasteiger partial charge is 0.224 e. The number of carbonyl (C=O) groups is 1. The molecule has 0 aliphatic rings. The molecule has 0 amide bonds. The van der Waals surface area contributed by atoms with Gasteiger partial charge in [0.05, 0.1) is 16.2 Å². The first-order valence-corrected chi connectivity index (χ1v) is 11.1. The average Bonchev–Trinajstić information content (AvgIpc) is 2.69. The fourth-order valence-electron chi connectivity index (χ4n) is 3.45. The van der Waals surface area contributed by atoms with Crippen molar-refractivity contribution in [1.29, 1.82) is 0 Å². The van der Waals surface area contributed by atoms with Gasteiger partial charge < -0.3 is 0 Å². The van der Waals surface area contributed by atoms with E-state index in [1.165, 1.54) is 11.8 Å². The van der Waals surface area contributed by atoms with Crippen LogP contribution in [0.5, 0.6) is 0 Å². The summed E-state index contributed by atoms with van der Waals surface area (Å²) >= 11 is 13.7. The molecule has 0 atom stereocenters. The second-order valence-corrected chi connectivity index (χ2v) is 9.25. The van der Waals surface area contributed by atoms with Gasteiger partial charge in [-0.1, -0.05) is 52.5 Å². The molecular weight excluding hydrogens is 433 g/mol. The maximum Gasteiger partial charge on any atom is 0.224 e. The molecule has 0 N–H and O–H groups in total. The molecule has 2 nitrogen and oxygen atoms in total. The summed E-state index contributed by atoms with van der Waals surface area (Å²) in [5.41, 5.74) is 6.10. The van der Waals surface area contributed by atoms with Crippen molar-refractivity contribution < 1.29 is 4.79 Å². The summed E-state index contributed by atoms with van der Waals surface area (Å²) in [6.07, 6.45) is 0. The zero-order valence-electron chi connectivity index (χ0n) is 16.8. The topological polar surface area (TPSA) is 30.0 Å². The van der Waals surface area contributed by atoms with Gasteiger partial charge in [0.15, 0.2) is 0 Å². The maximum atomic E-state index is 13.3. The third kappa shape index (κ3) is 4.24. The molecule has 0 aliphatic carbocycles. The standard InChI is InChI=1S/C25H19Cl2NOS/c1-14-4-7-18(8-5-14)30-25(29)21-13-23(19-9-6-17(26)12-22(19)27)28-24-16(3)10-15(2)11-20(21)24/h4-13H,1-3H3. The van der Waals surface area contributed by atoms with E-state index in [0.717, 1.165) is 38.1 Å². The van der Waals surface area contributed by atoms with Crippen LogP contribution < -0.4 is 0 Å². The zero-order chi connectivity index (χ0) is 21.4. The first-order valence-electron chi connectivity index (χ1n) is 9.48. The predicted octanol–water partition coefficient (Wildman–Crippen LogP) is 8.07. The Morgan fingerprint density at radius 3 is 2.30 bits per heavy atom. The Hall–Kier alpha value is -2.33. The predicted molar refractivity (Wildman–Crippen MR) is 128 cm³/mol. The molecule has 150 valence electrons. The number of rotatable bonds is 3. The Morgan fingerprint density at radius 1 is 0.867 bits per heavy atom. The van der Waals surface area contributed by atoms with Crippen molar-refractivity contribution in [3.63, 3.8) is 0 Å². The van der Waals surface area contributed by atoms with Gasteiger partial charge in [-0.05, 0) is 80.6 Å². The van der Waals surface area contributed by atoms with Crippen LogP contribution in [0.2, 0.25) is 10.0 Å². The van der Waals surface area contributed by atoms with Gasteiger partial charge in [0.1, 0.15) is 0 Å². The molecular formula is C25H19Cl2NOS. The number of hydrogen-bond donors (Lipinski definition) is 0. The number of halogens is 2. The molecule has 1 heterocycles. The van der Waals surface area contributed by atoms with Gasteiger partial charge in [-0.2, -0.15) is 0 Å². The number of aryl methyl sites for hydroxylation is 3. The summed E-state index contributed by atoms with van der Waals surface area (Å²) in [6.45, 7) is 6.06. The second kappa shape index (κ2) is 8.43. The third-order valence-electron chi connectivity index (χ3n) is 4.91. The summed E-state index contributed by atoms with van der Waals surface area (Å²) in [5.74, 6) is 0. The van der Waals surface area contributed by atoms with Crippen molar-refractivity contribution in [2.75, 3.05) is 0 Å². The van der Waals surface area contributed by atoms with Gasteiger partial charge in [0.25, 0.3) is 0 Å². The van der Waals surface area contributed by atoms with E-state index >= 15 is 0 Å². The van der Waals surface area contributed by atoms with Crippen molar-refractivity contribution in [3.8, 4) is 11.3 Å².